The highest BCUT2D eigenvalue weighted by Crippen LogP contribution is 2.02. The predicted octanol–water partition coefficient (Wildman–Crippen LogP) is 2.45. The molecule has 0 spiro atoms. The van der Waals surface area contributed by atoms with Crippen LogP contribution in [0.25, 0.3) is 0 Å². The maximum atomic E-state index is 4.09. The van der Waals surface area contributed by atoms with Crippen molar-refractivity contribution in [2.24, 2.45) is 0 Å². The summed E-state index contributed by atoms with van der Waals surface area (Å²) in [7, 11) is 0. The second kappa shape index (κ2) is 5.20. The van der Waals surface area contributed by atoms with Gasteiger partial charge >= 0.3 is 0 Å². The smallest absolute Gasteiger partial charge is 0.200 e. The van der Waals surface area contributed by atoms with E-state index in [-0.39, 0.29) is 0 Å². The zero-order valence-electron chi connectivity index (χ0n) is 8.61. The van der Waals surface area contributed by atoms with Gasteiger partial charge in [0.1, 0.15) is 0 Å². The van der Waals surface area contributed by atoms with Crippen molar-refractivity contribution in [1.29, 1.82) is 0 Å². The monoisotopic (exact) mass is 201 g/mol. The van der Waals surface area contributed by atoms with Gasteiger partial charge in [0, 0.05) is 18.9 Å². The van der Waals surface area contributed by atoms with Crippen LogP contribution in [-0.2, 0) is 6.42 Å². The van der Waals surface area contributed by atoms with Crippen LogP contribution in [0.4, 0.5) is 5.95 Å². The fourth-order valence-electron chi connectivity index (χ4n) is 1.51. The maximum absolute atomic E-state index is 4.09. The van der Waals surface area contributed by atoms with Gasteiger partial charge in [-0.1, -0.05) is 30.3 Å². The van der Waals surface area contributed by atoms with Crippen molar-refractivity contribution < 1.29 is 0 Å². The molecule has 0 saturated heterocycles. The van der Waals surface area contributed by atoms with Gasteiger partial charge in [0.25, 0.3) is 0 Å². The molecule has 0 amide bonds. The van der Waals surface area contributed by atoms with Gasteiger partial charge in [-0.3, -0.25) is 0 Å². The summed E-state index contributed by atoms with van der Waals surface area (Å²) in [6, 6.07) is 10.5. The molecule has 0 atom stereocenters. The lowest BCUT2D eigenvalue weighted by Gasteiger charge is -2.02. The topological polar surface area (TPSA) is 40.7 Å². The largest absolute Gasteiger partial charge is 0.356 e. The fourth-order valence-corrected chi connectivity index (χ4v) is 1.51. The first-order valence-corrected chi connectivity index (χ1v) is 5.22. The normalized spacial score (nSPS) is 10.1. The molecule has 0 aliphatic carbocycles. The van der Waals surface area contributed by atoms with E-state index in [1.807, 2.05) is 12.3 Å². The molecule has 2 aromatic rings. The van der Waals surface area contributed by atoms with Gasteiger partial charge in [0.2, 0.25) is 0 Å². The number of H-pyrrole nitrogens is 1. The Morgan fingerprint density at radius 1 is 1.20 bits per heavy atom. The van der Waals surface area contributed by atoms with Crippen LogP contribution in [0.5, 0.6) is 0 Å². The maximum Gasteiger partial charge on any atom is 0.200 e. The van der Waals surface area contributed by atoms with Crippen molar-refractivity contribution in [3.8, 4) is 0 Å². The predicted molar refractivity (Wildman–Crippen MR) is 61.8 cm³/mol. The van der Waals surface area contributed by atoms with E-state index in [9.17, 15) is 0 Å². The number of imidazole rings is 1. The molecule has 0 radical (unpaired) electrons. The van der Waals surface area contributed by atoms with E-state index < -0.39 is 0 Å². The first-order chi connectivity index (χ1) is 7.45. The first-order valence-electron chi connectivity index (χ1n) is 5.22. The Hall–Kier alpha value is -1.77. The van der Waals surface area contributed by atoms with Crippen LogP contribution in [0.2, 0.25) is 0 Å². The second-order valence-corrected chi connectivity index (χ2v) is 3.45. The van der Waals surface area contributed by atoms with E-state index in [4.69, 9.17) is 0 Å². The lowest BCUT2D eigenvalue weighted by atomic mass is 10.1. The lowest BCUT2D eigenvalue weighted by molar-refractivity contribution is 0.856. The molecule has 0 unspecified atom stereocenters. The molecule has 1 aromatic carbocycles. The molecule has 1 aromatic heterocycles. The zero-order chi connectivity index (χ0) is 10.3. The number of aryl methyl sites for hydroxylation is 1. The van der Waals surface area contributed by atoms with E-state index in [1.165, 1.54) is 5.56 Å². The SMILES string of the molecule is c1ccc(CCCNc2ncc[nH]2)cc1. The third-order valence-corrected chi connectivity index (χ3v) is 2.28. The number of benzene rings is 1. The molecule has 2 rings (SSSR count). The Morgan fingerprint density at radius 3 is 2.80 bits per heavy atom. The standard InChI is InChI=1S/C12H15N3/c1-2-5-11(6-3-1)7-4-8-13-12-14-9-10-15-12/h1-3,5-6,9-10H,4,7-8H2,(H2,13,14,15). The molecule has 0 aliphatic heterocycles. The molecular formula is C12H15N3. The second-order valence-electron chi connectivity index (χ2n) is 3.45. The molecule has 2 N–H and O–H groups in total. The van der Waals surface area contributed by atoms with Crippen molar-refractivity contribution in [2.75, 3.05) is 11.9 Å². The van der Waals surface area contributed by atoms with Gasteiger partial charge in [-0.25, -0.2) is 4.98 Å². The third kappa shape index (κ3) is 3.13. The molecule has 3 nitrogen and oxygen atoms in total. The van der Waals surface area contributed by atoms with Crippen LogP contribution in [0, 0.1) is 0 Å². The fraction of sp³-hybridized carbons (Fsp3) is 0.250. The molecule has 0 saturated carbocycles. The summed E-state index contributed by atoms with van der Waals surface area (Å²) in [6.07, 6.45) is 5.79. The van der Waals surface area contributed by atoms with Crippen LogP contribution in [0.15, 0.2) is 42.7 Å². The summed E-state index contributed by atoms with van der Waals surface area (Å²) >= 11 is 0. The van der Waals surface area contributed by atoms with E-state index in [2.05, 4.69) is 39.6 Å². The third-order valence-electron chi connectivity index (χ3n) is 2.28. The summed E-state index contributed by atoms with van der Waals surface area (Å²) in [4.78, 5) is 7.11. The number of hydrogen-bond donors (Lipinski definition) is 2. The molecule has 0 aliphatic rings. The lowest BCUT2D eigenvalue weighted by Crippen LogP contribution is -2.04. The summed E-state index contributed by atoms with van der Waals surface area (Å²) in [5.74, 6) is 0.850. The molecule has 78 valence electrons. The van der Waals surface area contributed by atoms with E-state index in [1.54, 1.807) is 6.20 Å². The Morgan fingerprint density at radius 2 is 2.07 bits per heavy atom. The zero-order valence-corrected chi connectivity index (χ0v) is 8.61. The van der Waals surface area contributed by atoms with Crippen molar-refractivity contribution in [1.82, 2.24) is 9.97 Å². The summed E-state index contributed by atoms with van der Waals surface area (Å²) in [5, 5.41) is 3.23. The number of nitrogens with zero attached hydrogens (tertiary/aromatic N) is 1. The number of hydrogen-bond acceptors (Lipinski definition) is 2. The number of aromatic amines is 1. The quantitative estimate of drug-likeness (QED) is 0.729. The minimum atomic E-state index is 0.850. The van der Waals surface area contributed by atoms with Crippen molar-refractivity contribution in [3.63, 3.8) is 0 Å². The van der Waals surface area contributed by atoms with E-state index in [0.717, 1.165) is 25.3 Å². The highest BCUT2D eigenvalue weighted by Gasteiger charge is 1.93. The molecule has 15 heavy (non-hydrogen) atoms. The first kappa shape index (κ1) is 9.77. The number of anilines is 1. The average molecular weight is 201 g/mol. The Labute approximate surface area is 89.6 Å². The van der Waals surface area contributed by atoms with Crippen molar-refractivity contribution in [2.45, 2.75) is 12.8 Å². The minimum absolute atomic E-state index is 0.850. The van der Waals surface area contributed by atoms with E-state index in [0.29, 0.717) is 0 Å². The van der Waals surface area contributed by atoms with Gasteiger partial charge in [-0.05, 0) is 18.4 Å². The highest BCUT2D eigenvalue weighted by molar-refractivity contribution is 5.22. The molecule has 1 heterocycles. The van der Waals surface area contributed by atoms with Gasteiger partial charge in [0.05, 0.1) is 0 Å². The number of nitrogens with one attached hydrogen (secondary N) is 2. The molecule has 3 heteroatoms. The van der Waals surface area contributed by atoms with Crippen LogP contribution in [0.3, 0.4) is 0 Å². The van der Waals surface area contributed by atoms with Crippen molar-refractivity contribution in [3.05, 3.63) is 48.3 Å². The van der Waals surface area contributed by atoms with Gasteiger partial charge < -0.3 is 10.3 Å². The van der Waals surface area contributed by atoms with Crippen LogP contribution in [-0.4, -0.2) is 16.5 Å². The highest BCUT2D eigenvalue weighted by atomic mass is 15.1. The molecular weight excluding hydrogens is 186 g/mol. The average Bonchev–Trinajstić information content (AvgIpc) is 2.79. The van der Waals surface area contributed by atoms with Gasteiger partial charge in [-0.15, -0.1) is 0 Å². The Kier molecular flexibility index (Phi) is 3.38. The molecule has 0 bridgehead atoms. The summed E-state index contributed by atoms with van der Waals surface area (Å²) in [5.41, 5.74) is 1.39. The molecule has 0 fully saturated rings. The van der Waals surface area contributed by atoms with Gasteiger partial charge in [-0.2, -0.15) is 0 Å². The minimum Gasteiger partial charge on any atom is -0.356 e. The number of rotatable bonds is 5. The van der Waals surface area contributed by atoms with Crippen LogP contribution < -0.4 is 5.32 Å². The summed E-state index contributed by atoms with van der Waals surface area (Å²) < 4.78 is 0. The van der Waals surface area contributed by atoms with Gasteiger partial charge in [0.15, 0.2) is 5.95 Å². The van der Waals surface area contributed by atoms with Crippen LogP contribution >= 0.6 is 0 Å². The Bertz CT molecular complexity index is 367. The van der Waals surface area contributed by atoms with Crippen molar-refractivity contribution >= 4 is 5.95 Å². The van der Waals surface area contributed by atoms with E-state index >= 15 is 0 Å². The summed E-state index contributed by atoms with van der Waals surface area (Å²) in [6.45, 7) is 0.947. The Balaban J connectivity index is 1.68. The number of aromatic nitrogens is 2. The van der Waals surface area contributed by atoms with Crippen LogP contribution in [0.1, 0.15) is 12.0 Å².